The van der Waals surface area contributed by atoms with Crippen molar-refractivity contribution >= 4 is 28.9 Å². The second kappa shape index (κ2) is 6.23. The summed E-state index contributed by atoms with van der Waals surface area (Å²) in [5.41, 5.74) is 1.34. The monoisotopic (exact) mass is 371 g/mol. The first-order valence-electron chi connectivity index (χ1n) is 7.61. The van der Waals surface area contributed by atoms with E-state index in [1.165, 1.54) is 35.3 Å². The van der Waals surface area contributed by atoms with Crippen molar-refractivity contribution in [1.82, 2.24) is 14.8 Å². The van der Waals surface area contributed by atoms with E-state index in [-0.39, 0.29) is 16.3 Å². The highest BCUT2D eigenvalue weighted by molar-refractivity contribution is 6.31. The highest BCUT2D eigenvalue weighted by atomic mass is 35.5. The number of hydrogen-bond acceptors (Lipinski definition) is 5. The molecule has 2 heterocycles. The van der Waals surface area contributed by atoms with Gasteiger partial charge in [-0.1, -0.05) is 29.8 Å². The molecule has 1 atom stereocenters. The fourth-order valence-electron chi connectivity index (χ4n) is 2.89. The number of halogens is 2. The number of nitro groups is 1. The minimum Gasteiger partial charge on any atom is -0.324 e. The van der Waals surface area contributed by atoms with Gasteiger partial charge in [-0.25, -0.2) is 9.07 Å². The fourth-order valence-corrected chi connectivity index (χ4v) is 3.16. The predicted octanol–water partition coefficient (Wildman–Crippen LogP) is 4.03. The number of nitro benzene ring substituents is 1. The van der Waals surface area contributed by atoms with Gasteiger partial charge >= 0.3 is 0 Å². The average Bonchev–Trinajstić information content (AvgIpc) is 3.10. The molecule has 4 rings (SSSR count). The molecule has 2 aromatic carbocycles. The molecule has 0 aliphatic carbocycles. The predicted molar refractivity (Wildman–Crippen MR) is 94.3 cm³/mol. The number of nitrogens with zero attached hydrogens (tertiary/aromatic N) is 4. The summed E-state index contributed by atoms with van der Waals surface area (Å²) in [6.45, 7) is 0. The number of fused-ring (bicyclic) bond motifs is 1. The van der Waals surface area contributed by atoms with Crippen LogP contribution in [0.25, 0.3) is 5.70 Å². The van der Waals surface area contributed by atoms with Gasteiger partial charge in [0.1, 0.15) is 18.2 Å². The van der Waals surface area contributed by atoms with Gasteiger partial charge in [0.15, 0.2) is 0 Å². The number of anilines is 1. The maximum absolute atomic E-state index is 14.4. The third-order valence-electron chi connectivity index (χ3n) is 4.07. The van der Waals surface area contributed by atoms with Crippen LogP contribution in [0.1, 0.15) is 17.2 Å². The van der Waals surface area contributed by atoms with Gasteiger partial charge in [-0.15, -0.1) is 0 Å². The second-order valence-corrected chi connectivity index (χ2v) is 6.03. The molecule has 1 aliphatic heterocycles. The van der Waals surface area contributed by atoms with Crippen LogP contribution in [0.5, 0.6) is 0 Å². The highest BCUT2D eigenvalue weighted by Gasteiger charge is 2.27. The number of aromatic nitrogens is 3. The molecule has 26 heavy (non-hydrogen) atoms. The molecule has 0 amide bonds. The molecule has 0 fully saturated rings. The molecule has 1 N–H and O–H groups in total. The number of benzene rings is 2. The zero-order valence-electron chi connectivity index (χ0n) is 13.1. The molecular weight excluding hydrogens is 361 g/mol. The molecule has 7 nitrogen and oxygen atoms in total. The van der Waals surface area contributed by atoms with Crippen LogP contribution in [0.3, 0.4) is 0 Å². The molecule has 9 heteroatoms. The van der Waals surface area contributed by atoms with Crippen molar-refractivity contribution in [2.45, 2.75) is 6.04 Å². The molecule has 0 radical (unpaired) electrons. The van der Waals surface area contributed by atoms with Crippen molar-refractivity contribution in [2.75, 3.05) is 5.32 Å². The van der Waals surface area contributed by atoms with Gasteiger partial charge in [-0.05, 0) is 18.2 Å². The number of non-ortho nitro benzene ring substituents is 1. The third kappa shape index (κ3) is 2.70. The molecule has 130 valence electrons. The number of rotatable bonds is 3. The van der Waals surface area contributed by atoms with Gasteiger partial charge in [0.05, 0.1) is 4.92 Å². The lowest BCUT2D eigenvalue weighted by molar-refractivity contribution is -0.384. The van der Waals surface area contributed by atoms with E-state index in [4.69, 9.17) is 11.6 Å². The van der Waals surface area contributed by atoms with Crippen LogP contribution in [-0.4, -0.2) is 19.7 Å². The normalized spacial score (nSPS) is 15.8. The fraction of sp³-hybridized carbons (Fsp3) is 0.0588. The smallest absolute Gasteiger partial charge is 0.270 e. The number of hydrogen-bond donors (Lipinski definition) is 1. The van der Waals surface area contributed by atoms with Crippen LogP contribution < -0.4 is 5.32 Å². The topological polar surface area (TPSA) is 85.9 Å². The SMILES string of the molecule is O=[N+]([O-])c1cccc(C2=C[C@H](c3c(F)cccc3Cl)n3ncnc3N2)c1. The quantitative estimate of drug-likeness (QED) is 0.554. The summed E-state index contributed by atoms with van der Waals surface area (Å²) < 4.78 is 16.0. The van der Waals surface area contributed by atoms with Gasteiger partial charge in [-0.2, -0.15) is 10.1 Å². The standard InChI is InChI=1S/C17H11ClFN5O2/c18-12-5-2-6-13(19)16(12)15-8-14(22-17-20-9-21-23(15)17)10-3-1-4-11(7-10)24(25)26/h1-9,15H,(H,20,21,22)/t15-/m1/s1. The zero-order chi connectivity index (χ0) is 18.3. The molecule has 0 unspecified atom stereocenters. The van der Waals surface area contributed by atoms with E-state index < -0.39 is 16.8 Å². The van der Waals surface area contributed by atoms with Crippen LogP contribution in [0.15, 0.2) is 54.9 Å². The van der Waals surface area contributed by atoms with Crippen LogP contribution in [0.4, 0.5) is 16.0 Å². The molecule has 0 saturated heterocycles. The Morgan fingerprint density at radius 1 is 1.27 bits per heavy atom. The van der Waals surface area contributed by atoms with Crippen LogP contribution in [-0.2, 0) is 0 Å². The largest absolute Gasteiger partial charge is 0.324 e. The van der Waals surface area contributed by atoms with Gasteiger partial charge < -0.3 is 5.32 Å². The van der Waals surface area contributed by atoms with Crippen LogP contribution in [0.2, 0.25) is 5.02 Å². The first-order chi connectivity index (χ1) is 12.5. The van der Waals surface area contributed by atoms with Crippen molar-refractivity contribution in [2.24, 2.45) is 0 Å². The van der Waals surface area contributed by atoms with Gasteiger partial charge in [-0.3, -0.25) is 10.1 Å². The molecular formula is C17H11ClFN5O2. The van der Waals surface area contributed by atoms with Crippen LogP contribution in [0, 0.1) is 15.9 Å². The third-order valence-corrected chi connectivity index (χ3v) is 4.40. The Labute approximate surface area is 151 Å². The van der Waals surface area contributed by atoms with Crippen molar-refractivity contribution in [3.05, 3.63) is 86.9 Å². The Kier molecular flexibility index (Phi) is 3.89. The van der Waals surface area contributed by atoms with Gasteiger partial charge in [0.25, 0.3) is 5.69 Å². The summed E-state index contributed by atoms with van der Waals surface area (Å²) in [5, 5.41) is 18.5. The first-order valence-corrected chi connectivity index (χ1v) is 7.99. The first kappa shape index (κ1) is 16.2. The lowest BCUT2D eigenvalue weighted by atomic mass is 10.0. The second-order valence-electron chi connectivity index (χ2n) is 5.62. The van der Waals surface area contributed by atoms with Crippen molar-refractivity contribution in [1.29, 1.82) is 0 Å². The summed E-state index contributed by atoms with van der Waals surface area (Å²) in [6, 6.07) is 9.94. The molecule has 0 bridgehead atoms. The van der Waals surface area contributed by atoms with E-state index in [0.29, 0.717) is 17.2 Å². The zero-order valence-corrected chi connectivity index (χ0v) is 13.9. The Morgan fingerprint density at radius 3 is 2.85 bits per heavy atom. The molecule has 1 aliphatic rings. The van der Waals surface area contributed by atoms with E-state index in [9.17, 15) is 14.5 Å². The minimum absolute atomic E-state index is 0.0438. The van der Waals surface area contributed by atoms with Gasteiger partial charge in [0.2, 0.25) is 5.95 Å². The van der Waals surface area contributed by atoms with E-state index >= 15 is 0 Å². The van der Waals surface area contributed by atoms with Gasteiger partial charge in [0, 0.05) is 34.0 Å². The van der Waals surface area contributed by atoms with E-state index in [1.807, 2.05) is 0 Å². The molecule has 0 saturated carbocycles. The molecule has 1 aromatic heterocycles. The maximum Gasteiger partial charge on any atom is 0.270 e. The van der Waals surface area contributed by atoms with E-state index in [0.717, 1.165) is 0 Å². The van der Waals surface area contributed by atoms with E-state index in [2.05, 4.69) is 15.4 Å². The molecule has 0 spiro atoms. The Hall–Kier alpha value is -3.26. The van der Waals surface area contributed by atoms with Crippen molar-refractivity contribution in [3.63, 3.8) is 0 Å². The van der Waals surface area contributed by atoms with Crippen molar-refractivity contribution in [3.8, 4) is 0 Å². The lowest BCUT2D eigenvalue weighted by Crippen LogP contribution is -2.21. The summed E-state index contributed by atoms with van der Waals surface area (Å²) in [7, 11) is 0. The maximum atomic E-state index is 14.4. The summed E-state index contributed by atoms with van der Waals surface area (Å²) >= 11 is 6.22. The Balaban J connectivity index is 1.86. The Bertz CT molecular complexity index is 1030. The summed E-state index contributed by atoms with van der Waals surface area (Å²) in [5.74, 6) is -0.0844. The average molecular weight is 372 g/mol. The highest BCUT2D eigenvalue weighted by Crippen LogP contribution is 2.36. The summed E-state index contributed by atoms with van der Waals surface area (Å²) in [4.78, 5) is 14.7. The number of allylic oxidation sites excluding steroid dienone is 1. The number of nitrogens with one attached hydrogen (secondary N) is 1. The lowest BCUT2D eigenvalue weighted by Gasteiger charge is -2.25. The van der Waals surface area contributed by atoms with E-state index in [1.54, 1.807) is 24.3 Å². The Morgan fingerprint density at radius 2 is 2.08 bits per heavy atom. The van der Waals surface area contributed by atoms with Crippen molar-refractivity contribution < 1.29 is 9.31 Å². The molecule has 3 aromatic rings. The van der Waals surface area contributed by atoms with Crippen LogP contribution >= 0.6 is 11.6 Å². The minimum atomic E-state index is -0.642. The summed E-state index contributed by atoms with van der Waals surface area (Å²) in [6.07, 6.45) is 3.05.